The Balaban J connectivity index is 2.07. The van der Waals surface area contributed by atoms with E-state index in [0.29, 0.717) is 5.57 Å². The number of hydrogen-bond donors (Lipinski definition) is 0. The molecule has 0 amide bonds. The highest BCUT2D eigenvalue weighted by molar-refractivity contribution is 5.92. The van der Waals surface area contributed by atoms with Gasteiger partial charge in [0, 0.05) is 7.11 Å². The minimum Gasteiger partial charge on any atom is -0.456 e. The van der Waals surface area contributed by atoms with Gasteiger partial charge in [-0.25, -0.2) is 4.79 Å². The maximum atomic E-state index is 11.9. The highest BCUT2D eigenvalue weighted by Gasteiger charge is 2.37. The third kappa shape index (κ3) is 9.41. The van der Waals surface area contributed by atoms with E-state index in [2.05, 4.69) is 6.92 Å². The van der Waals surface area contributed by atoms with Gasteiger partial charge in [0.05, 0.1) is 5.57 Å². The zero-order chi connectivity index (χ0) is 18.3. The summed E-state index contributed by atoms with van der Waals surface area (Å²) in [6, 6.07) is 0. The highest BCUT2D eigenvalue weighted by atomic mass is 16.7. The van der Waals surface area contributed by atoms with Crippen LogP contribution in [0.1, 0.15) is 90.9 Å². The molecule has 0 radical (unpaired) electrons. The molecule has 1 saturated heterocycles. The van der Waals surface area contributed by atoms with Crippen LogP contribution in [0.3, 0.4) is 0 Å². The molecular formula is C21H38O4. The number of rotatable bonds is 15. The van der Waals surface area contributed by atoms with Crippen molar-refractivity contribution >= 4 is 5.97 Å². The van der Waals surface area contributed by atoms with Gasteiger partial charge in [-0.15, -0.1) is 0 Å². The second-order valence-electron chi connectivity index (χ2n) is 7.09. The topological polar surface area (TPSA) is 44.8 Å². The van der Waals surface area contributed by atoms with Crippen LogP contribution in [-0.2, 0) is 19.0 Å². The third-order valence-corrected chi connectivity index (χ3v) is 4.80. The number of cyclic esters (lactones) is 1. The summed E-state index contributed by atoms with van der Waals surface area (Å²) in [7, 11) is 1.58. The Bertz CT molecular complexity index is 378. The van der Waals surface area contributed by atoms with Crippen molar-refractivity contribution in [2.24, 2.45) is 0 Å². The van der Waals surface area contributed by atoms with E-state index < -0.39 is 0 Å². The van der Waals surface area contributed by atoms with Gasteiger partial charge in [0.1, 0.15) is 19.0 Å². The van der Waals surface area contributed by atoms with Crippen molar-refractivity contribution in [2.45, 2.75) is 103 Å². The molecule has 1 heterocycles. The van der Waals surface area contributed by atoms with Crippen LogP contribution in [0, 0.1) is 0 Å². The number of allylic oxidation sites excluding steroid dienone is 1. The first-order valence-corrected chi connectivity index (χ1v) is 10.2. The Morgan fingerprint density at radius 2 is 1.52 bits per heavy atom. The summed E-state index contributed by atoms with van der Waals surface area (Å²) in [6.07, 6.45) is 17.1. The van der Waals surface area contributed by atoms with Gasteiger partial charge in [-0.1, -0.05) is 77.2 Å². The lowest BCUT2D eigenvalue weighted by molar-refractivity contribution is -0.140. The number of carbonyl (C=O) groups excluding carboxylic acids is 1. The van der Waals surface area contributed by atoms with Gasteiger partial charge >= 0.3 is 5.97 Å². The average molecular weight is 355 g/mol. The van der Waals surface area contributed by atoms with Crippen molar-refractivity contribution in [1.82, 2.24) is 0 Å². The molecule has 146 valence electrons. The van der Waals surface area contributed by atoms with E-state index in [1.807, 2.05) is 13.0 Å². The number of carbonyl (C=O) groups is 1. The molecule has 0 spiro atoms. The molecule has 4 nitrogen and oxygen atoms in total. The molecule has 1 aliphatic rings. The minimum atomic E-state index is -0.292. The molecule has 0 unspecified atom stereocenters. The molecule has 0 aromatic carbocycles. The van der Waals surface area contributed by atoms with Crippen molar-refractivity contribution in [1.29, 1.82) is 0 Å². The number of methoxy groups -OCH3 is 1. The molecule has 0 bridgehead atoms. The van der Waals surface area contributed by atoms with Crippen molar-refractivity contribution < 1.29 is 19.0 Å². The normalized spacial score (nSPS) is 21.9. The van der Waals surface area contributed by atoms with E-state index in [1.54, 1.807) is 7.11 Å². The predicted octanol–water partition coefficient (Wildman–Crippen LogP) is 5.55. The maximum absolute atomic E-state index is 11.9. The van der Waals surface area contributed by atoms with Crippen LogP contribution in [0.15, 0.2) is 11.6 Å². The van der Waals surface area contributed by atoms with E-state index in [9.17, 15) is 4.79 Å². The lowest BCUT2D eigenvalue weighted by Gasteiger charge is -2.14. The molecule has 1 aliphatic heterocycles. The summed E-state index contributed by atoms with van der Waals surface area (Å²) in [4.78, 5) is 11.9. The molecular weight excluding hydrogens is 316 g/mol. The Hall–Kier alpha value is -0.870. The standard InChI is InChI=1S/C21H38O4/c1-4-5-6-7-8-9-10-11-12-13-14-15-16-19-20(24-17-23-3)18(2)25-21(19)22/h16,18,20H,4-15,17H2,1-3H3/b19-16+/t18-,20-/m0/s1. The zero-order valence-corrected chi connectivity index (χ0v) is 16.6. The lowest BCUT2D eigenvalue weighted by Crippen LogP contribution is -2.23. The smallest absolute Gasteiger partial charge is 0.336 e. The summed E-state index contributed by atoms with van der Waals surface area (Å²) in [5.41, 5.74) is 0.664. The largest absolute Gasteiger partial charge is 0.456 e. The Labute approximate surface area is 154 Å². The number of unbranched alkanes of at least 4 members (excludes halogenated alkanes) is 11. The van der Waals surface area contributed by atoms with Crippen LogP contribution in [0.25, 0.3) is 0 Å². The number of hydrogen-bond acceptors (Lipinski definition) is 4. The van der Waals surface area contributed by atoms with Gasteiger partial charge in [-0.05, 0) is 19.8 Å². The summed E-state index contributed by atoms with van der Waals surface area (Å²) < 4.78 is 15.8. The van der Waals surface area contributed by atoms with Crippen LogP contribution >= 0.6 is 0 Å². The summed E-state index contributed by atoms with van der Waals surface area (Å²) in [6.45, 7) is 4.31. The Kier molecular flexibility index (Phi) is 12.7. The van der Waals surface area contributed by atoms with Crippen LogP contribution in [0.4, 0.5) is 0 Å². The van der Waals surface area contributed by atoms with Gasteiger partial charge in [-0.2, -0.15) is 0 Å². The quantitative estimate of drug-likeness (QED) is 0.167. The zero-order valence-electron chi connectivity index (χ0n) is 16.6. The molecule has 25 heavy (non-hydrogen) atoms. The third-order valence-electron chi connectivity index (χ3n) is 4.80. The number of ether oxygens (including phenoxy) is 3. The second-order valence-corrected chi connectivity index (χ2v) is 7.09. The van der Waals surface area contributed by atoms with Crippen LogP contribution in [-0.4, -0.2) is 32.1 Å². The molecule has 0 aromatic rings. The van der Waals surface area contributed by atoms with Crippen LogP contribution in [0.5, 0.6) is 0 Å². The van der Waals surface area contributed by atoms with Crippen molar-refractivity contribution in [3.63, 3.8) is 0 Å². The Morgan fingerprint density at radius 3 is 2.08 bits per heavy atom. The number of esters is 1. The summed E-state index contributed by atoms with van der Waals surface area (Å²) in [5, 5.41) is 0. The average Bonchev–Trinajstić information content (AvgIpc) is 2.87. The second kappa shape index (κ2) is 14.3. The van der Waals surface area contributed by atoms with Crippen molar-refractivity contribution in [3.8, 4) is 0 Å². The maximum Gasteiger partial charge on any atom is 0.336 e. The van der Waals surface area contributed by atoms with Crippen molar-refractivity contribution in [2.75, 3.05) is 13.9 Å². The first-order valence-electron chi connectivity index (χ1n) is 10.2. The first kappa shape index (κ1) is 22.2. The molecule has 0 aliphatic carbocycles. The fourth-order valence-electron chi connectivity index (χ4n) is 3.30. The highest BCUT2D eigenvalue weighted by Crippen LogP contribution is 2.25. The fraction of sp³-hybridized carbons (Fsp3) is 0.857. The van der Waals surface area contributed by atoms with Gasteiger partial charge < -0.3 is 14.2 Å². The SMILES string of the molecule is CCCCCCCCCCCCC/C=C1/C(=O)O[C@@H](C)[C@@H]1OCOC. The van der Waals surface area contributed by atoms with E-state index >= 15 is 0 Å². The van der Waals surface area contributed by atoms with Gasteiger partial charge in [-0.3, -0.25) is 0 Å². The van der Waals surface area contributed by atoms with Crippen LogP contribution in [0.2, 0.25) is 0 Å². The molecule has 1 rings (SSSR count). The summed E-state index contributed by atoms with van der Waals surface area (Å²) in [5.74, 6) is -0.239. The lowest BCUT2D eigenvalue weighted by atomic mass is 10.0. The van der Waals surface area contributed by atoms with Crippen molar-refractivity contribution in [3.05, 3.63) is 11.6 Å². The fourth-order valence-corrected chi connectivity index (χ4v) is 3.30. The van der Waals surface area contributed by atoms with E-state index in [0.717, 1.165) is 12.8 Å². The Morgan fingerprint density at radius 1 is 0.960 bits per heavy atom. The predicted molar refractivity (Wildman–Crippen MR) is 101 cm³/mol. The van der Waals surface area contributed by atoms with Crippen LogP contribution < -0.4 is 0 Å². The van der Waals surface area contributed by atoms with E-state index in [1.165, 1.54) is 64.2 Å². The molecule has 0 saturated carbocycles. The summed E-state index contributed by atoms with van der Waals surface area (Å²) >= 11 is 0. The van der Waals surface area contributed by atoms with E-state index in [-0.39, 0.29) is 25.0 Å². The monoisotopic (exact) mass is 354 g/mol. The van der Waals surface area contributed by atoms with Gasteiger partial charge in [0.25, 0.3) is 0 Å². The molecule has 4 heteroatoms. The molecule has 0 aromatic heterocycles. The van der Waals surface area contributed by atoms with Gasteiger partial charge in [0.2, 0.25) is 0 Å². The first-order chi connectivity index (χ1) is 12.2. The molecule has 2 atom stereocenters. The van der Waals surface area contributed by atoms with Gasteiger partial charge in [0.15, 0.2) is 0 Å². The minimum absolute atomic E-state index is 0.182. The molecule has 1 fully saturated rings. The molecule has 0 N–H and O–H groups in total. The van der Waals surface area contributed by atoms with E-state index in [4.69, 9.17) is 14.2 Å².